The minimum Gasteiger partial charge on any atom is -0.343 e. The van der Waals surface area contributed by atoms with Crippen molar-refractivity contribution in [1.82, 2.24) is 4.90 Å². The molecule has 0 aromatic carbocycles. The summed E-state index contributed by atoms with van der Waals surface area (Å²) in [6.07, 6.45) is 4.77. The summed E-state index contributed by atoms with van der Waals surface area (Å²) in [6.45, 7) is 4.63. The molecule has 0 radical (unpaired) electrons. The molecule has 2 rings (SSSR count). The average molecular weight is 210 g/mol. The molecule has 3 heteroatoms. The highest BCUT2D eigenvalue weighted by molar-refractivity contribution is 5.78. The number of carbonyl (C=O) groups is 1. The van der Waals surface area contributed by atoms with Gasteiger partial charge in [0.25, 0.3) is 0 Å². The van der Waals surface area contributed by atoms with Crippen LogP contribution in [0.15, 0.2) is 0 Å². The summed E-state index contributed by atoms with van der Waals surface area (Å²) < 4.78 is 0. The molecule has 86 valence electrons. The van der Waals surface area contributed by atoms with Crippen LogP contribution in [0, 0.1) is 17.8 Å². The molecule has 1 amide bonds. The zero-order chi connectivity index (χ0) is 10.8. The van der Waals surface area contributed by atoms with Crippen molar-refractivity contribution in [2.24, 2.45) is 23.5 Å². The average Bonchev–Trinajstić information content (AvgIpc) is 2.52. The van der Waals surface area contributed by atoms with E-state index in [9.17, 15) is 4.79 Å². The second-order valence-electron chi connectivity index (χ2n) is 4.99. The Hall–Kier alpha value is -0.570. The van der Waals surface area contributed by atoms with Gasteiger partial charge in [0, 0.05) is 19.5 Å². The smallest absolute Gasteiger partial charge is 0.222 e. The fourth-order valence-electron chi connectivity index (χ4n) is 3.03. The van der Waals surface area contributed by atoms with Crippen molar-refractivity contribution >= 4 is 5.91 Å². The summed E-state index contributed by atoms with van der Waals surface area (Å²) in [4.78, 5) is 13.6. The van der Waals surface area contributed by atoms with Gasteiger partial charge < -0.3 is 10.6 Å². The second kappa shape index (κ2) is 4.52. The lowest BCUT2D eigenvalue weighted by molar-refractivity contribution is -0.127. The summed E-state index contributed by atoms with van der Waals surface area (Å²) in [5.41, 5.74) is 5.87. The molecule has 2 aliphatic rings. The Bertz CT molecular complexity index is 238. The van der Waals surface area contributed by atoms with Gasteiger partial charge >= 0.3 is 0 Å². The van der Waals surface area contributed by atoms with E-state index < -0.39 is 0 Å². The molecule has 2 N–H and O–H groups in total. The highest BCUT2D eigenvalue weighted by Crippen LogP contribution is 2.39. The van der Waals surface area contributed by atoms with E-state index in [0.717, 1.165) is 32.0 Å². The SMILES string of the molecule is CCN1CC(C(CN)C2CCC2)CC1=O. The molecular formula is C12H22N2O. The number of carbonyl (C=O) groups excluding carboxylic acids is 1. The number of rotatable bonds is 4. The van der Waals surface area contributed by atoms with Crippen molar-refractivity contribution in [3.63, 3.8) is 0 Å². The van der Waals surface area contributed by atoms with Crippen molar-refractivity contribution in [2.45, 2.75) is 32.6 Å². The molecule has 2 fully saturated rings. The normalized spacial score (nSPS) is 29.3. The number of likely N-dealkylation sites (tertiary alicyclic amines) is 1. The number of amides is 1. The van der Waals surface area contributed by atoms with Crippen molar-refractivity contribution in [1.29, 1.82) is 0 Å². The van der Waals surface area contributed by atoms with Gasteiger partial charge in [0.1, 0.15) is 0 Å². The fraction of sp³-hybridized carbons (Fsp3) is 0.917. The first-order valence-electron chi connectivity index (χ1n) is 6.24. The van der Waals surface area contributed by atoms with Crippen LogP contribution in [0.4, 0.5) is 0 Å². The molecule has 1 heterocycles. The van der Waals surface area contributed by atoms with Gasteiger partial charge in [0.05, 0.1) is 0 Å². The lowest BCUT2D eigenvalue weighted by atomic mass is 9.70. The van der Waals surface area contributed by atoms with Crippen LogP contribution in [0.1, 0.15) is 32.6 Å². The first-order valence-corrected chi connectivity index (χ1v) is 6.24. The maximum Gasteiger partial charge on any atom is 0.222 e. The molecule has 0 bridgehead atoms. The molecule has 0 aromatic heterocycles. The Morgan fingerprint density at radius 2 is 2.20 bits per heavy atom. The summed E-state index contributed by atoms with van der Waals surface area (Å²) in [5, 5.41) is 0. The van der Waals surface area contributed by atoms with Crippen LogP contribution in [-0.2, 0) is 4.79 Å². The van der Waals surface area contributed by atoms with Crippen molar-refractivity contribution in [3.05, 3.63) is 0 Å². The Kier molecular flexibility index (Phi) is 3.29. The third kappa shape index (κ3) is 2.03. The van der Waals surface area contributed by atoms with Gasteiger partial charge in [-0.05, 0) is 31.2 Å². The fourth-order valence-corrected chi connectivity index (χ4v) is 3.03. The van der Waals surface area contributed by atoms with Crippen LogP contribution >= 0.6 is 0 Å². The van der Waals surface area contributed by atoms with Crippen molar-refractivity contribution < 1.29 is 4.79 Å². The zero-order valence-corrected chi connectivity index (χ0v) is 9.61. The van der Waals surface area contributed by atoms with E-state index in [0.29, 0.717) is 17.7 Å². The van der Waals surface area contributed by atoms with Gasteiger partial charge in [-0.1, -0.05) is 19.3 Å². The van der Waals surface area contributed by atoms with Gasteiger partial charge in [0.15, 0.2) is 0 Å². The Morgan fingerprint density at radius 1 is 1.47 bits per heavy atom. The minimum absolute atomic E-state index is 0.334. The van der Waals surface area contributed by atoms with Crippen LogP contribution < -0.4 is 5.73 Å². The molecule has 2 atom stereocenters. The molecule has 1 aliphatic heterocycles. The minimum atomic E-state index is 0.334. The van der Waals surface area contributed by atoms with E-state index in [1.807, 2.05) is 4.90 Å². The summed E-state index contributed by atoms with van der Waals surface area (Å²) >= 11 is 0. The number of hydrogen-bond acceptors (Lipinski definition) is 2. The molecule has 0 aromatic rings. The topological polar surface area (TPSA) is 46.3 Å². The van der Waals surface area contributed by atoms with Crippen LogP contribution in [-0.4, -0.2) is 30.4 Å². The van der Waals surface area contributed by atoms with Crippen LogP contribution in [0.2, 0.25) is 0 Å². The summed E-state index contributed by atoms with van der Waals surface area (Å²) in [7, 11) is 0. The third-order valence-electron chi connectivity index (χ3n) is 4.26. The monoisotopic (exact) mass is 210 g/mol. The lowest BCUT2D eigenvalue weighted by Gasteiger charge is -2.36. The molecule has 3 nitrogen and oxygen atoms in total. The zero-order valence-electron chi connectivity index (χ0n) is 9.61. The Labute approximate surface area is 92.0 Å². The Balaban J connectivity index is 1.94. The van der Waals surface area contributed by atoms with Crippen LogP contribution in [0.5, 0.6) is 0 Å². The number of nitrogens with two attached hydrogens (primary N) is 1. The van der Waals surface area contributed by atoms with Gasteiger partial charge in [-0.15, -0.1) is 0 Å². The van der Waals surface area contributed by atoms with E-state index in [1.54, 1.807) is 0 Å². The third-order valence-corrected chi connectivity index (χ3v) is 4.26. The maximum absolute atomic E-state index is 11.7. The number of nitrogens with zero attached hydrogens (tertiary/aromatic N) is 1. The van der Waals surface area contributed by atoms with Crippen molar-refractivity contribution in [3.8, 4) is 0 Å². The molecular weight excluding hydrogens is 188 g/mol. The van der Waals surface area contributed by atoms with E-state index >= 15 is 0 Å². The summed E-state index contributed by atoms with van der Waals surface area (Å²) in [6, 6.07) is 0. The quantitative estimate of drug-likeness (QED) is 0.758. The van der Waals surface area contributed by atoms with Gasteiger partial charge in [-0.2, -0.15) is 0 Å². The molecule has 2 unspecified atom stereocenters. The number of hydrogen-bond donors (Lipinski definition) is 1. The van der Waals surface area contributed by atoms with Crippen LogP contribution in [0.3, 0.4) is 0 Å². The first kappa shape index (κ1) is 10.9. The van der Waals surface area contributed by atoms with Gasteiger partial charge in [-0.25, -0.2) is 0 Å². The molecule has 1 saturated heterocycles. The summed E-state index contributed by atoms with van der Waals surface area (Å²) in [5.74, 6) is 2.27. The second-order valence-corrected chi connectivity index (χ2v) is 4.99. The van der Waals surface area contributed by atoms with E-state index in [4.69, 9.17) is 5.73 Å². The van der Waals surface area contributed by atoms with E-state index in [1.165, 1.54) is 19.3 Å². The van der Waals surface area contributed by atoms with E-state index in [-0.39, 0.29) is 0 Å². The Morgan fingerprint density at radius 3 is 2.60 bits per heavy atom. The maximum atomic E-state index is 11.7. The highest BCUT2D eigenvalue weighted by atomic mass is 16.2. The standard InChI is InChI=1S/C12H22N2O/c1-2-14-8-10(6-12(14)15)11(7-13)9-4-3-5-9/h9-11H,2-8,13H2,1H3. The predicted molar refractivity (Wildman–Crippen MR) is 60.2 cm³/mol. The molecule has 0 spiro atoms. The first-order chi connectivity index (χ1) is 7.26. The largest absolute Gasteiger partial charge is 0.343 e. The van der Waals surface area contributed by atoms with Crippen molar-refractivity contribution in [2.75, 3.05) is 19.6 Å². The van der Waals surface area contributed by atoms with E-state index in [2.05, 4.69) is 6.92 Å². The van der Waals surface area contributed by atoms with Gasteiger partial charge in [0.2, 0.25) is 5.91 Å². The van der Waals surface area contributed by atoms with Gasteiger partial charge in [-0.3, -0.25) is 4.79 Å². The van der Waals surface area contributed by atoms with Crippen LogP contribution in [0.25, 0.3) is 0 Å². The molecule has 1 aliphatic carbocycles. The predicted octanol–water partition coefficient (Wildman–Crippen LogP) is 1.23. The lowest BCUT2D eigenvalue weighted by Crippen LogP contribution is -2.35. The molecule has 1 saturated carbocycles. The highest BCUT2D eigenvalue weighted by Gasteiger charge is 2.38. The molecule has 15 heavy (non-hydrogen) atoms.